The average molecular weight is 351 g/mol. The lowest BCUT2D eigenvalue weighted by molar-refractivity contribution is -0.907. The van der Waals surface area contributed by atoms with Crippen molar-refractivity contribution in [3.8, 4) is 0 Å². The first-order valence-corrected chi connectivity index (χ1v) is 8.55. The number of carbonyl (C=O) groups excluding carboxylic acids is 1. The molecule has 0 spiro atoms. The van der Waals surface area contributed by atoms with Gasteiger partial charge in [-0.05, 0) is 31.2 Å². The third-order valence-electron chi connectivity index (χ3n) is 3.81. The first kappa shape index (κ1) is 18.4. The summed E-state index contributed by atoms with van der Waals surface area (Å²) in [5.74, 6) is -2.54. The number of amides is 1. The number of carbonyl (C=O) groups is 1. The first-order valence-electron chi connectivity index (χ1n) is 7.67. The summed E-state index contributed by atoms with van der Waals surface area (Å²) in [5.41, 5.74) is 1.78. The number of alkyl halides is 2. The third-order valence-corrected chi connectivity index (χ3v) is 4.53. The van der Waals surface area contributed by atoms with Gasteiger partial charge in [0.15, 0.2) is 6.04 Å². The van der Waals surface area contributed by atoms with Gasteiger partial charge in [-0.15, -0.1) is 0 Å². The zero-order chi connectivity index (χ0) is 17.5. The van der Waals surface area contributed by atoms with E-state index in [1.165, 1.54) is 5.56 Å². The van der Waals surface area contributed by atoms with E-state index < -0.39 is 5.76 Å². The maximum atomic E-state index is 12.3. The maximum absolute atomic E-state index is 12.3. The molecule has 2 aromatic carbocycles. The zero-order valence-corrected chi connectivity index (χ0v) is 14.4. The molecule has 0 fully saturated rings. The van der Waals surface area contributed by atoms with E-state index in [9.17, 15) is 13.6 Å². The molecular weight excluding hydrogens is 330 g/mol. The molecule has 2 atom stereocenters. The van der Waals surface area contributed by atoms with E-state index >= 15 is 0 Å². The minimum absolute atomic E-state index is 0.0994. The fourth-order valence-corrected chi connectivity index (χ4v) is 2.76. The molecule has 0 saturated carbocycles. The molecule has 2 N–H and O–H groups in total. The van der Waals surface area contributed by atoms with Crippen LogP contribution in [0.1, 0.15) is 12.5 Å². The van der Waals surface area contributed by atoms with Crippen LogP contribution in [-0.2, 0) is 11.3 Å². The van der Waals surface area contributed by atoms with Gasteiger partial charge in [-0.3, -0.25) is 4.79 Å². The van der Waals surface area contributed by atoms with Crippen LogP contribution in [0.3, 0.4) is 0 Å². The highest BCUT2D eigenvalue weighted by Crippen LogP contribution is 2.26. The Morgan fingerprint density at radius 1 is 1.12 bits per heavy atom. The van der Waals surface area contributed by atoms with Gasteiger partial charge in [-0.25, -0.2) is 0 Å². The highest BCUT2D eigenvalue weighted by Gasteiger charge is 2.22. The second-order valence-corrected chi connectivity index (χ2v) is 6.69. The summed E-state index contributed by atoms with van der Waals surface area (Å²) in [5, 5.41) is 2.83. The molecule has 0 aromatic heterocycles. The van der Waals surface area contributed by atoms with Crippen LogP contribution in [0, 0.1) is 0 Å². The van der Waals surface area contributed by atoms with Gasteiger partial charge in [0.25, 0.3) is 11.7 Å². The molecule has 0 aliphatic carbocycles. The van der Waals surface area contributed by atoms with Crippen molar-refractivity contribution in [1.29, 1.82) is 0 Å². The summed E-state index contributed by atoms with van der Waals surface area (Å²) in [6, 6.07) is 16.2. The molecule has 6 heteroatoms. The summed E-state index contributed by atoms with van der Waals surface area (Å²) >= 11 is 0.488. The fourth-order valence-electron chi connectivity index (χ4n) is 2.26. The average Bonchev–Trinajstić information content (AvgIpc) is 2.56. The Hall–Kier alpha value is -1.92. The first-order chi connectivity index (χ1) is 11.5. The SMILES string of the molecule is C[C@@H](C(=O)Nc1ccc(SC(F)F)cc1)[NH+](C)Cc1ccccc1. The smallest absolute Gasteiger partial charge is 0.288 e. The van der Waals surface area contributed by atoms with E-state index in [1.54, 1.807) is 24.3 Å². The van der Waals surface area contributed by atoms with Crippen molar-refractivity contribution in [2.24, 2.45) is 0 Å². The number of quaternary nitrogens is 1. The molecule has 0 aliphatic heterocycles. The van der Waals surface area contributed by atoms with E-state index in [1.807, 2.05) is 44.3 Å². The molecule has 0 aliphatic rings. The Kier molecular flexibility index (Phi) is 6.75. The van der Waals surface area contributed by atoms with Gasteiger partial charge in [-0.1, -0.05) is 42.1 Å². The number of rotatable bonds is 7. The Labute approximate surface area is 145 Å². The Morgan fingerprint density at radius 2 is 1.75 bits per heavy atom. The van der Waals surface area contributed by atoms with Crippen LogP contribution in [0.4, 0.5) is 14.5 Å². The number of nitrogens with one attached hydrogen (secondary N) is 2. The molecule has 24 heavy (non-hydrogen) atoms. The molecule has 0 radical (unpaired) electrons. The van der Waals surface area contributed by atoms with E-state index in [-0.39, 0.29) is 11.9 Å². The van der Waals surface area contributed by atoms with Crippen molar-refractivity contribution in [1.82, 2.24) is 0 Å². The van der Waals surface area contributed by atoms with Gasteiger partial charge >= 0.3 is 0 Å². The number of benzene rings is 2. The third kappa shape index (κ3) is 5.62. The van der Waals surface area contributed by atoms with Gasteiger partial charge in [0.05, 0.1) is 7.05 Å². The zero-order valence-electron chi connectivity index (χ0n) is 13.6. The van der Waals surface area contributed by atoms with Crippen molar-refractivity contribution in [3.63, 3.8) is 0 Å². The predicted octanol–water partition coefficient (Wildman–Crippen LogP) is 3.04. The standard InChI is InChI=1S/C18H20F2N2OS/c1-13(22(2)12-14-6-4-3-5-7-14)17(23)21-15-8-10-16(11-9-15)24-18(19)20/h3-11,13,18H,12H2,1-2H3,(H,21,23)/p+1/t13-/m0/s1. The number of likely N-dealkylation sites (N-methyl/N-ethyl adjacent to an activating group) is 1. The summed E-state index contributed by atoms with van der Waals surface area (Å²) in [4.78, 5) is 13.9. The minimum atomic E-state index is -2.44. The molecule has 3 nitrogen and oxygen atoms in total. The van der Waals surface area contributed by atoms with Gasteiger partial charge in [0.1, 0.15) is 6.54 Å². The molecule has 1 unspecified atom stereocenters. The van der Waals surface area contributed by atoms with Crippen LogP contribution >= 0.6 is 11.8 Å². The number of thioether (sulfide) groups is 1. The number of halogens is 2. The number of anilines is 1. The molecule has 1 amide bonds. The Morgan fingerprint density at radius 3 is 2.33 bits per heavy atom. The Bertz CT molecular complexity index is 650. The lowest BCUT2D eigenvalue weighted by Crippen LogP contribution is -3.12. The molecule has 0 bridgehead atoms. The summed E-state index contributed by atoms with van der Waals surface area (Å²) in [6.45, 7) is 2.62. The summed E-state index contributed by atoms with van der Waals surface area (Å²) in [7, 11) is 1.97. The van der Waals surface area contributed by atoms with Gasteiger partial charge in [0, 0.05) is 16.1 Å². The maximum Gasteiger partial charge on any atom is 0.288 e. The second kappa shape index (κ2) is 8.80. The topological polar surface area (TPSA) is 33.5 Å². The van der Waals surface area contributed by atoms with Crippen molar-refractivity contribution >= 4 is 23.4 Å². The normalized spacial score (nSPS) is 13.5. The van der Waals surface area contributed by atoms with Gasteiger partial charge in [0.2, 0.25) is 0 Å². The quantitative estimate of drug-likeness (QED) is 0.752. The predicted molar refractivity (Wildman–Crippen MR) is 93.4 cm³/mol. The van der Waals surface area contributed by atoms with E-state index in [2.05, 4.69) is 5.32 Å². The highest BCUT2D eigenvalue weighted by atomic mass is 32.2. The van der Waals surface area contributed by atoms with Crippen molar-refractivity contribution in [2.45, 2.75) is 30.2 Å². The molecule has 2 rings (SSSR count). The van der Waals surface area contributed by atoms with Crippen molar-refractivity contribution < 1.29 is 18.5 Å². The molecule has 0 saturated heterocycles. The van der Waals surface area contributed by atoms with Crippen LogP contribution in [0.2, 0.25) is 0 Å². The number of hydrogen-bond acceptors (Lipinski definition) is 2. The van der Waals surface area contributed by atoms with Crippen molar-refractivity contribution in [3.05, 3.63) is 60.2 Å². The van der Waals surface area contributed by atoms with Crippen LogP contribution in [0.15, 0.2) is 59.5 Å². The van der Waals surface area contributed by atoms with Gasteiger partial charge in [-0.2, -0.15) is 8.78 Å². The van der Waals surface area contributed by atoms with E-state index in [4.69, 9.17) is 0 Å². The minimum Gasteiger partial charge on any atom is -0.324 e. The van der Waals surface area contributed by atoms with Crippen LogP contribution in [-0.4, -0.2) is 24.8 Å². The molecule has 0 heterocycles. The van der Waals surface area contributed by atoms with Crippen molar-refractivity contribution in [2.75, 3.05) is 12.4 Å². The highest BCUT2D eigenvalue weighted by molar-refractivity contribution is 7.99. The molecular formula is C18H21F2N2OS+. The van der Waals surface area contributed by atoms with Crippen LogP contribution in [0.5, 0.6) is 0 Å². The summed E-state index contributed by atoms with van der Waals surface area (Å²) in [6.07, 6.45) is 0. The van der Waals surface area contributed by atoms with E-state index in [0.29, 0.717) is 22.3 Å². The largest absolute Gasteiger partial charge is 0.324 e. The monoisotopic (exact) mass is 351 g/mol. The Balaban J connectivity index is 1.91. The summed E-state index contributed by atoms with van der Waals surface area (Å²) < 4.78 is 24.6. The molecule has 128 valence electrons. The van der Waals surface area contributed by atoms with Crippen LogP contribution in [0.25, 0.3) is 0 Å². The lowest BCUT2D eigenvalue weighted by Gasteiger charge is -2.21. The van der Waals surface area contributed by atoms with Crippen LogP contribution < -0.4 is 10.2 Å². The lowest BCUT2D eigenvalue weighted by atomic mass is 10.2. The van der Waals surface area contributed by atoms with E-state index in [0.717, 1.165) is 11.4 Å². The molecule has 2 aromatic rings. The fraction of sp³-hybridized carbons (Fsp3) is 0.278. The second-order valence-electron chi connectivity index (χ2n) is 5.62. The van der Waals surface area contributed by atoms with Gasteiger partial charge < -0.3 is 10.2 Å². The number of hydrogen-bond donors (Lipinski definition) is 2.